The summed E-state index contributed by atoms with van der Waals surface area (Å²) in [6.45, 7) is -2.33. The smallest absolute Gasteiger partial charge is 0.154 e. The SMILES string of the molecule is [2H]C([2H])([2H])c1cc2c(N(c3ccccc3)c3cccc(Cl)c3Cl)coc2cn1. The first-order valence-corrected chi connectivity index (χ1v) is 8.29. The maximum atomic E-state index is 7.66. The lowest BCUT2D eigenvalue weighted by atomic mass is 10.1. The molecule has 4 aromatic rings. The van der Waals surface area contributed by atoms with Crippen LogP contribution in [-0.2, 0) is 0 Å². The Balaban J connectivity index is 1.99. The highest BCUT2D eigenvalue weighted by atomic mass is 35.5. The first-order valence-electron chi connectivity index (χ1n) is 9.03. The van der Waals surface area contributed by atoms with Gasteiger partial charge in [-0.2, -0.15) is 0 Å². The lowest BCUT2D eigenvalue weighted by Crippen LogP contribution is -2.10. The zero-order valence-electron chi connectivity index (χ0n) is 15.9. The summed E-state index contributed by atoms with van der Waals surface area (Å²) >= 11 is 12.7. The van der Waals surface area contributed by atoms with Crippen LogP contribution in [0.3, 0.4) is 0 Å². The van der Waals surface area contributed by atoms with E-state index < -0.39 is 6.85 Å². The second-order valence-corrected chi connectivity index (χ2v) is 6.22. The maximum absolute atomic E-state index is 7.66. The number of aromatic nitrogens is 1. The van der Waals surface area contributed by atoms with Gasteiger partial charge in [-0.15, -0.1) is 0 Å². The molecule has 0 saturated heterocycles. The number of hydrogen-bond acceptors (Lipinski definition) is 3. The molecular formula is C20H14Cl2N2O. The summed E-state index contributed by atoms with van der Waals surface area (Å²) in [5.74, 6) is 0. The van der Waals surface area contributed by atoms with Crippen LogP contribution >= 0.6 is 23.2 Å². The summed E-state index contributed by atoms with van der Waals surface area (Å²) < 4.78 is 28.6. The molecule has 0 radical (unpaired) electrons. The van der Waals surface area contributed by atoms with Crippen molar-refractivity contribution in [3.05, 3.63) is 82.8 Å². The van der Waals surface area contributed by atoms with Crippen molar-refractivity contribution in [3.8, 4) is 0 Å². The van der Waals surface area contributed by atoms with Crippen LogP contribution in [0.1, 0.15) is 9.81 Å². The Bertz CT molecular complexity index is 1140. The third-order valence-electron chi connectivity index (χ3n) is 3.87. The molecule has 0 spiro atoms. The zero-order valence-corrected chi connectivity index (χ0v) is 14.4. The van der Waals surface area contributed by atoms with Crippen LogP contribution in [0.25, 0.3) is 11.0 Å². The molecular weight excluding hydrogens is 355 g/mol. The fourth-order valence-corrected chi connectivity index (χ4v) is 3.12. The summed E-state index contributed by atoms with van der Waals surface area (Å²) in [5.41, 5.74) is 2.57. The Hall–Kier alpha value is -2.49. The van der Waals surface area contributed by atoms with Crippen molar-refractivity contribution in [1.82, 2.24) is 4.98 Å². The van der Waals surface area contributed by atoms with Gasteiger partial charge in [0.2, 0.25) is 0 Å². The first-order chi connectivity index (χ1) is 13.4. The number of pyridine rings is 1. The van der Waals surface area contributed by atoms with E-state index in [0.29, 0.717) is 32.4 Å². The molecule has 0 unspecified atom stereocenters. The highest BCUT2D eigenvalue weighted by Crippen LogP contribution is 2.44. The molecule has 0 amide bonds. The van der Waals surface area contributed by atoms with Crippen molar-refractivity contribution >= 4 is 51.2 Å². The highest BCUT2D eigenvalue weighted by molar-refractivity contribution is 6.44. The van der Waals surface area contributed by atoms with Crippen molar-refractivity contribution in [2.24, 2.45) is 0 Å². The van der Waals surface area contributed by atoms with E-state index in [1.54, 1.807) is 18.4 Å². The van der Waals surface area contributed by atoms with Crippen molar-refractivity contribution in [2.45, 2.75) is 6.85 Å². The highest BCUT2D eigenvalue weighted by Gasteiger charge is 2.21. The monoisotopic (exact) mass is 371 g/mol. The van der Waals surface area contributed by atoms with Gasteiger partial charge in [0.05, 0.1) is 27.6 Å². The lowest BCUT2D eigenvalue weighted by Gasteiger charge is -2.25. The fraction of sp³-hybridized carbons (Fsp3) is 0.0500. The van der Waals surface area contributed by atoms with E-state index in [2.05, 4.69) is 4.98 Å². The van der Waals surface area contributed by atoms with E-state index >= 15 is 0 Å². The van der Waals surface area contributed by atoms with Crippen molar-refractivity contribution in [2.75, 3.05) is 4.90 Å². The van der Waals surface area contributed by atoms with Gasteiger partial charge >= 0.3 is 0 Å². The van der Waals surface area contributed by atoms with Crippen LogP contribution in [0.5, 0.6) is 0 Å². The van der Waals surface area contributed by atoms with Gasteiger partial charge in [-0.05, 0) is 37.2 Å². The molecule has 3 nitrogen and oxygen atoms in total. The third kappa shape index (κ3) is 2.86. The van der Waals surface area contributed by atoms with E-state index in [9.17, 15) is 0 Å². The Morgan fingerprint density at radius 2 is 1.88 bits per heavy atom. The molecule has 0 atom stereocenters. The average molecular weight is 372 g/mol. The number of rotatable bonds is 3. The molecule has 2 heterocycles. The Morgan fingerprint density at radius 1 is 1.04 bits per heavy atom. The second-order valence-electron chi connectivity index (χ2n) is 5.43. The standard InChI is InChI=1S/C20H14Cl2N2O/c1-13-10-15-18(12-25-19(15)11-23-13)24(14-6-3-2-4-7-14)17-9-5-8-16(21)20(17)22/h2-12H,1H3/i1D3. The van der Waals surface area contributed by atoms with E-state index in [1.807, 2.05) is 41.3 Å². The van der Waals surface area contributed by atoms with Crippen LogP contribution < -0.4 is 4.90 Å². The van der Waals surface area contributed by atoms with Crippen LogP contribution in [-0.4, -0.2) is 4.98 Å². The number of fused-ring (bicyclic) bond motifs is 1. The van der Waals surface area contributed by atoms with Gasteiger partial charge in [0, 0.05) is 20.9 Å². The Labute approximate surface area is 159 Å². The molecule has 0 N–H and O–H groups in total. The normalized spacial score (nSPS) is 13.3. The van der Waals surface area contributed by atoms with Gasteiger partial charge < -0.3 is 9.32 Å². The minimum atomic E-state index is -2.33. The fourth-order valence-electron chi connectivity index (χ4n) is 2.74. The minimum Gasteiger partial charge on any atom is -0.460 e. The summed E-state index contributed by atoms with van der Waals surface area (Å²) in [7, 11) is 0. The summed E-state index contributed by atoms with van der Waals surface area (Å²) in [4.78, 5) is 5.88. The summed E-state index contributed by atoms with van der Waals surface area (Å²) in [6.07, 6.45) is 2.98. The molecule has 5 heteroatoms. The predicted octanol–water partition coefficient (Wildman–Crippen LogP) is 6.91. The van der Waals surface area contributed by atoms with Crippen molar-refractivity contribution in [1.29, 1.82) is 0 Å². The van der Waals surface area contributed by atoms with E-state index in [-0.39, 0.29) is 5.69 Å². The number of furan rings is 1. The molecule has 0 fully saturated rings. The van der Waals surface area contributed by atoms with Crippen LogP contribution in [0.4, 0.5) is 17.1 Å². The average Bonchev–Trinajstić information content (AvgIpc) is 3.09. The van der Waals surface area contributed by atoms with Gasteiger partial charge in [0.15, 0.2) is 5.58 Å². The first kappa shape index (κ1) is 12.8. The number of benzene rings is 2. The Morgan fingerprint density at radius 3 is 2.68 bits per heavy atom. The maximum Gasteiger partial charge on any atom is 0.154 e. The van der Waals surface area contributed by atoms with Gasteiger partial charge in [0.1, 0.15) is 6.26 Å². The number of aryl methyl sites for hydroxylation is 1. The molecule has 4 rings (SSSR count). The number of nitrogens with zero attached hydrogens (tertiary/aromatic N) is 2. The third-order valence-corrected chi connectivity index (χ3v) is 4.68. The van der Waals surface area contributed by atoms with Gasteiger partial charge in [-0.1, -0.05) is 47.5 Å². The predicted molar refractivity (Wildman–Crippen MR) is 103 cm³/mol. The molecule has 0 aliphatic heterocycles. The van der Waals surface area contributed by atoms with Crippen molar-refractivity contribution in [3.63, 3.8) is 0 Å². The number of anilines is 3. The molecule has 0 aliphatic carbocycles. The molecule has 25 heavy (non-hydrogen) atoms. The van der Waals surface area contributed by atoms with E-state index in [4.69, 9.17) is 31.7 Å². The number of para-hydroxylation sites is 1. The minimum absolute atomic E-state index is 0.00662. The molecule has 0 aliphatic rings. The molecule has 0 bridgehead atoms. The summed E-state index contributed by atoms with van der Waals surface area (Å²) in [6, 6.07) is 16.4. The van der Waals surface area contributed by atoms with E-state index in [1.165, 1.54) is 12.3 Å². The van der Waals surface area contributed by atoms with Gasteiger partial charge in [0.25, 0.3) is 0 Å². The van der Waals surface area contributed by atoms with Gasteiger partial charge in [-0.3, -0.25) is 4.98 Å². The molecule has 2 aromatic heterocycles. The Kier molecular flexibility index (Phi) is 3.30. The lowest BCUT2D eigenvalue weighted by molar-refractivity contribution is 0.614. The largest absolute Gasteiger partial charge is 0.460 e. The van der Waals surface area contributed by atoms with Crippen LogP contribution in [0.2, 0.25) is 10.0 Å². The summed E-state index contributed by atoms with van der Waals surface area (Å²) in [5, 5.41) is 1.41. The van der Waals surface area contributed by atoms with E-state index in [0.717, 1.165) is 5.69 Å². The van der Waals surface area contributed by atoms with Crippen LogP contribution in [0, 0.1) is 6.85 Å². The van der Waals surface area contributed by atoms with Gasteiger partial charge in [-0.25, -0.2) is 0 Å². The van der Waals surface area contributed by atoms with Crippen LogP contribution in [0.15, 0.2) is 71.5 Å². The number of hydrogen-bond donors (Lipinski definition) is 0. The second kappa shape index (κ2) is 6.43. The zero-order chi connectivity index (χ0) is 19.9. The molecule has 124 valence electrons. The van der Waals surface area contributed by atoms with Crippen molar-refractivity contribution < 1.29 is 8.53 Å². The molecule has 0 saturated carbocycles. The number of halogens is 2. The molecule has 2 aromatic carbocycles. The topological polar surface area (TPSA) is 29.3 Å². The quantitative estimate of drug-likeness (QED) is 0.391.